The van der Waals surface area contributed by atoms with Crippen molar-refractivity contribution >= 4 is 11.6 Å². The summed E-state index contributed by atoms with van der Waals surface area (Å²) < 4.78 is 0. The van der Waals surface area contributed by atoms with Crippen LogP contribution in [0.25, 0.3) is 0 Å². The summed E-state index contributed by atoms with van der Waals surface area (Å²) >= 11 is 0. The molecular formula is C25H38O5. The van der Waals surface area contributed by atoms with Crippen LogP contribution in [-0.2, 0) is 9.59 Å². The lowest BCUT2D eigenvalue weighted by molar-refractivity contribution is -0.142. The summed E-state index contributed by atoms with van der Waals surface area (Å²) in [6.45, 7) is 12.1. The topological polar surface area (TPSA) is 94.8 Å². The van der Waals surface area contributed by atoms with E-state index in [4.69, 9.17) is 0 Å². The minimum atomic E-state index is -0.891. The van der Waals surface area contributed by atoms with Crippen molar-refractivity contribution in [2.45, 2.75) is 85.9 Å². The van der Waals surface area contributed by atoms with Gasteiger partial charge in [0.25, 0.3) is 0 Å². The van der Waals surface area contributed by atoms with Crippen LogP contribution >= 0.6 is 0 Å². The molecule has 0 aromatic carbocycles. The van der Waals surface area contributed by atoms with E-state index >= 15 is 0 Å². The van der Waals surface area contributed by atoms with Crippen molar-refractivity contribution < 1.29 is 24.9 Å². The molecule has 0 bridgehead atoms. The van der Waals surface area contributed by atoms with Crippen LogP contribution in [0, 0.1) is 39.4 Å². The number of allylic oxidation sites excluding steroid dienone is 1. The number of carbonyl (C=O) groups excluding carboxylic acids is 2. The van der Waals surface area contributed by atoms with Crippen molar-refractivity contribution in [2.75, 3.05) is 6.61 Å². The zero-order valence-electron chi connectivity index (χ0n) is 19.3. The summed E-state index contributed by atoms with van der Waals surface area (Å²) in [5.41, 5.74) is -1.02. The Labute approximate surface area is 179 Å². The molecule has 5 heteroatoms. The maximum Gasteiger partial charge on any atom is 0.160 e. The maximum atomic E-state index is 13.8. The van der Waals surface area contributed by atoms with Crippen molar-refractivity contribution in [1.29, 1.82) is 0 Å². The SMILES string of the molecule is C[C@H](CO)[C@H]1CC(=O)[C@@]2(C)C3=C(C(=O)C[C@]12C)[C@@]1(C)CC[C@H](O)C(C)(C)[C@@H]1C[C@@H]3O. The first-order chi connectivity index (χ1) is 13.8. The first-order valence-electron chi connectivity index (χ1n) is 11.6. The molecule has 0 spiro atoms. The molecule has 4 aliphatic carbocycles. The minimum Gasteiger partial charge on any atom is -0.396 e. The van der Waals surface area contributed by atoms with Crippen LogP contribution < -0.4 is 0 Å². The van der Waals surface area contributed by atoms with Crippen LogP contribution in [0.15, 0.2) is 11.1 Å². The van der Waals surface area contributed by atoms with E-state index < -0.39 is 33.9 Å². The predicted molar refractivity (Wildman–Crippen MR) is 113 cm³/mol. The Morgan fingerprint density at radius 1 is 1.10 bits per heavy atom. The number of fused-ring (bicyclic) bond motifs is 4. The average Bonchev–Trinajstić information content (AvgIpc) is 2.87. The molecule has 4 aliphatic rings. The third-order valence-electron chi connectivity index (χ3n) is 10.3. The van der Waals surface area contributed by atoms with Crippen LogP contribution in [0.2, 0.25) is 0 Å². The molecule has 0 saturated heterocycles. The third kappa shape index (κ3) is 2.40. The molecule has 2 saturated carbocycles. The molecule has 4 rings (SSSR count). The Bertz CT molecular complexity index is 827. The number of hydrogen-bond donors (Lipinski definition) is 3. The third-order valence-corrected chi connectivity index (χ3v) is 10.3. The van der Waals surface area contributed by atoms with E-state index in [1.807, 2.05) is 34.6 Å². The van der Waals surface area contributed by atoms with Gasteiger partial charge >= 0.3 is 0 Å². The van der Waals surface area contributed by atoms with Gasteiger partial charge in [0.2, 0.25) is 0 Å². The Hall–Kier alpha value is -1.04. The molecule has 0 aromatic rings. The van der Waals surface area contributed by atoms with Crippen LogP contribution in [0.5, 0.6) is 0 Å². The number of ketones is 2. The molecule has 168 valence electrons. The number of Topliss-reactive ketones (excluding diaryl/α,β-unsaturated/α-hetero) is 2. The fraction of sp³-hybridized carbons (Fsp3) is 0.840. The lowest BCUT2D eigenvalue weighted by atomic mass is 9.42. The van der Waals surface area contributed by atoms with Crippen molar-refractivity contribution in [3.05, 3.63) is 11.1 Å². The van der Waals surface area contributed by atoms with Gasteiger partial charge in [-0.25, -0.2) is 0 Å². The van der Waals surface area contributed by atoms with Gasteiger partial charge in [0.1, 0.15) is 5.78 Å². The van der Waals surface area contributed by atoms with Gasteiger partial charge < -0.3 is 15.3 Å². The molecule has 0 aromatic heterocycles. The summed E-state index contributed by atoms with van der Waals surface area (Å²) in [4.78, 5) is 27.3. The Morgan fingerprint density at radius 3 is 2.33 bits per heavy atom. The molecule has 0 radical (unpaired) electrons. The van der Waals surface area contributed by atoms with Gasteiger partial charge in [0.15, 0.2) is 5.78 Å². The number of hydrogen-bond acceptors (Lipinski definition) is 5. The van der Waals surface area contributed by atoms with Crippen LogP contribution in [0.1, 0.15) is 73.6 Å². The highest BCUT2D eigenvalue weighted by Gasteiger charge is 2.70. The Morgan fingerprint density at radius 2 is 1.73 bits per heavy atom. The summed E-state index contributed by atoms with van der Waals surface area (Å²) in [6.07, 6.45) is 1.07. The molecule has 2 fully saturated rings. The second-order valence-corrected chi connectivity index (χ2v) is 11.9. The highest BCUT2D eigenvalue weighted by atomic mass is 16.3. The van der Waals surface area contributed by atoms with E-state index in [0.717, 1.165) is 0 Å². The van der Waals surface area contributed by atoms with Gasteiger partial charge in [-0.1, -0.05) is 34.6 Å². The molecule has 0 amide bonds. The molecule has 0 aliphatic heterocycles. The fourth-order valence-electron chi connectivity index (χ4n) is 8.23. The molecule has 5 nitrogen and oxygen atoms in total. The largest absolute Gasteiger partial charge is 0.396 e. The van der Waals surface area contributed by atoms with E-state index in [1.54, 1.807) is 0 Å². The van der Waals surface area contributed by atoms with E-state index in [9.17, 15) is 24.9 Å². The van der Waals surface area contributed by atoms with E-state index in [-0.39, 0.29) is 42.3 Å². The van der Waals surface area contributed by atoms with E-state index in [0.29, 0.717) is 36.8 Å². The molecule has 30 heavy (non-hydrogen) atoms. The summed E-state index contributed by atoms with van der Waals surface area (Å²) in [5, 5.41) is 31.9. The van der Waals surface area contributed by atoms with Gasteiger partial charge in [0.05, 0.1) is 17.6 Å². The van der Waals surface area contributed by atoms with Gasteiger partial charge in [-0.2, -0.15) is 0 Å². The molecule has 0 unspecified atom stereocenters. The normalized spacial score (nSPS) is 48.8. The van der Waals surface area contributed by atoms with Crippen molar-refractivity contribution in [1.82, 2.24) is 0 Å². The summed E-state index contributed by atoms with van der Waals surface area (Å²) in [6, 6.07) is 0. The average molecular weight is 419 g/mol. The number of aliphatic hydroxyl groups excluding tert-OH is 3. The van der Waals surface area contributed by atoms with Gasteiger partial charge in [-0.05, 0) is 65.8 Å². The second kappa shape index (κ2) is 6.49. The zero-order valence-corrected chi connectivity index (χ0v) is 19.3. The number of carbonyl (C=O) groups is 2. The molecular weight excluding hydrogens is 380 g/mol. The monoisotopic (exact) mass is 418 g/mol. The van der Waals surface area contributed by atoms with E-state index in [2.05, 4.69) is 6.92 Å². The van der Waals surface area contributed by atoms with Gasteiger partial charge in [-0.3, -0.25) is 9.59 Å². The highest BCUT2D eigenvalue weighted by Crippen LogP contribution is 2.70. The predicted octanol–water partition coefficient (Wildman–Crippen LogP) is 3.05. The van der Waals surface area contributed by atoms with Crippen LogP contribution in [-0.4, -0.2) is 45.7 Å². The van der Waals surface area contributed by atoms with Crippen molar-refractivity contribution in [2.24, 2.45) is 39.4 Å². The number of rotatable bonds is 2. The maximum absolute atomic E-state index is 13.8. The Kier molecular flexibility index (Phi) is 4.79. The van der Waals surface area contributed by atoms with Crippen molar-refractivity contribution in [3.63, 3.8) is 0 Å². The smallest absolute Gasteiger partial charge is 0.160 e. The summed E-state index contributed by atoms with van der Waals surface area (Å²) in [7, 11) is 0. The second-order valence-electron chi connectivity index (χ2n) is 11.9. The van der Waals surface area contributed by atoms with Gasteiger partial charge in [-0.15, -0.1) is 0 Å². The van der Waals surface area contributed by atoms with Gasteiger partial charge in [0, 0.05) is 25.0 Å². The molecule has 8 atom stereocenters. The quantitative estimate of drug-likeness (QED) is 0.641. The standard InChI is InChI=1S/C25H38O5/c1-13(12-26)14-9-19(30)25(6)21-15(27)10-17-22(2,3)18(29)7-8-23(17,4)20(21)16(28)11-24(14,25)5/h13-15,17-18,26-27,29H,7-12H2,1-6H3/t13-,14-,15+,17+,18+,23+,24-,25+/m1/s1. The lowest BCUT2D eigenvalue weighted by Crippen LogP contribution is -2.60. The first kappa shape index (κ1) is 22.2. The van der Waals surface area contributed by atoms with Crippen LogP contribution in [0.4, 0.5) is 0 Å². The molecule has 3 N–H and O–H groups in total. The fourth-order valence-corrected chi connectivity index (χ4v) is 8.23. The zero-order chi connectivity index (χ0) is 22.4. The summed E-state index contributed by atoms with van der Waals surface area (Å²) in [5.74, 6) is -0.0493. The Balaban J connectivity index is 1.94. The van der Waals surface area contributed by atoms with Crippen LogP contribution in [0.3, 0.4) is 0 Å². The first-order valence-corrected chi connectivity index (χ1v) is 11.6. The lowest BCUT2D eigenvalue weighted by Gasteiger charge is -2.61. The molecule has 0 heterocycles. The van der Waals surface area contributed by atoms with Crippen molar-refractivity contribution in [3.8, 4) is 0 Å². The van der Waals surface area contributed by atoms with E-state index in [1.165, 1.54) is 0 Å². The highest BCUT2D eigenvalue weighted by molar-refractivity contribution is 6.05. The minimum absolute atomic E-state index is 0.0157. The number of aliphatic hydroxyl groups is 3.